The van der Waals surface area contributed by atoms with Crippen LogP contribution in [0.4, 0.5) is 0 Å². The maximum Gasteiger partial charge on any atom is 0.0273 e. The third-order valence-corrected chi connectivity index (χ3v) is 1.84. The van der Waals surface area contributed by atoms with Crippen LogP contribution in [0.15, 0.2) is 60.6 Å². The molecule has 0 bridgehead atoms. The van der Waals surface area contributed by atoms with Crippen molar-refractivity contribution in [3.8, 4) is 0 Å². The Labute approximate surface area is 77.4 Å². The van der Waals surface area contributed by atoms with Crippen molar-refractivity contribution in [3.05, 3.63) is 66.2 Å². The standard InChI is InChI=1S/C12H9N/c1-2-4-6-11(5-3-1)12-7-9-13-10-8-12/h1,3-10H. The molecule has 1 aromatic heterocycles. The van der Waals surface area contributed by atoms with E-state index < -0.39 is 0 Å². The normalized spacial score (nSPS) is 14.0. The van der Waals surface area contributed by atoms with E-state index in [1.54, 1.807) is 12.4 Å². The first kappa shape index (κ1) is 7.78. The van der Waals surface area contributed by atoms with Crippen molar-refractivity contribution in [1.29, 1.82) is 0 Å². The van der Waals surface area contributed by atoms with Crippen molar-refractivity contribution in [1.82, 2.24) is 4.98 Å². The van der Waals surface area contributed by atoms with Gasteiger partial charge in [0.1, 0.15) is 0 Å². The molecule has 0 unspecified atom stereocenters. The molecule has 0 aromatic carbocycles. The van der Waals surface area contributed by atoms with Crippen LogP contribution in [0.2, 0.25) is 0 Å². The Morgan fingerprint density at radius 1 is 1.08 bits per heavy atom. The molecule has 1 aliphatic carbocycles. The van der Waals surface area contributed by atoms with E-state index in [1.165, 1.54) is 11.1 Å². The lowest BCUT2D eigenvalue weighted by Gasteiger charge is -1.98. The average Bonchev–Trinajstić information content (AvgIpc) is 2.47. The minimum atomic E-state index is 1.18. The monoisotopic (exact) mass is 167 g/mol. The van der Waals surface area contributed by atoms with Gasteiger partial charge in [-0.1, -0.05) is 12.2 Å². The van der Waals surface area contributed by atoms with Gasteiger partial charge in [0.25, 0.3) is 0 Å². The van der Waals surface area contributed by atoms with Crippen LogP contribution in [0.5, 0.6) is 0 Å². The molecule has 0 saturated carbocycles. The highest BCUT2D eigenvalue weighted by Gasteiger charge is 1.95. The van der Waals surface area contributed by atoms with Crippen molar-refractivity contribution < 1.29 is 0 Å². The highest BCUT2D eigenvalue weighted by atomic mass is 14.6. The smallest absolute Gasteiger partial charge is 0.0273 e. The molecule has 0 fully saturated rings. The molecule has 0 atom stereocenters. The quantitative estimate of drug-likeness (QED) is 0.586. The predicted octanol–water partition coefficient (Wildman–Crippen LogP) is 2.75. The second-order valence-corrected chi connectivity index (χ2v) is 2.72. The third kappa shape index (κ3) is 1.84. The second-order valence-electron chi connectivity index (χ2n) is 2.72. The van der Waals surface area contributed by atoms with E-state index in [1.807, 2.05) is 36.4 Å². The first-order valence-electron chi connectivity index (χ1n) is 4.17. The van der Waals surface area contributed by atoms with Crippen LogP contribution >= 0.6 is 0 Å². The second kappa shape index (κ2) is 3.70. The molecule has 0 radical (unpaired) electrons. The van der Waals surface area contributed by atoms with Crippen LogP contribution in [0, 0.1) is 0 Å². The highest BCUT2D eigenvalue weighted by Crippen LogP contribution is 2.15. The fraction of sp³-hybridized carbons (Fsp3) is 0. The first-order chi connectivity index (χ1) is 6.47. The van der Waals surface area contributed by atoms with E-state index >= 15 is 0 Å². The summed E-state index contributed by atoms with van der Waals surface area (Å²) >= 11 is 0. The van der Waals surface area contributed by atoms with Gasteiger partial charge in [-0.2, -0.15) is 0 Å². The highest BCUT2D eigenvalue weighted by molar-refractivity contribution is 5.75. The molecule has 0 N–H and O–H groups in total. The molecule has 1 heteroatoms. The Morgan fingerprint density at radius 2 is 1.92 bits per heavy atom. The Morgan fingerprint density at radius 3 is 2.77 bits per heavy atom. The summed E-state index contributed by atoms with van der Waals surface area (Å²) in [5.41, 5.74) is 5.38. The van der Waals surface area contributed by atoms with Gasteiger partial charge in [-0.05, 0) is 41.5 Å². The van der Waals surface area contributed by atoms with Gasteiger partial charge >= 0.3 is 0 Å². The lowest BCUT2D eigenvalue weighted by atomic mass is 10.1. The van der Waals surface area contributed by atoms with Gasteiger partial charge in [-0.15, -0.1) is 5.73 Å². The maximum absolute atomic E-state index is 3.98. The number of nitrogens with zero attached hydrogens (tertiary/aromatic N) is 1. The number of rotatable bonds is 1. The number of hydrogen-bond donors (Lipinski definition) is 0. The summed E-state index contributed by atoms with van der Waals surface area (Å²) in [6, 6.07) is 3.99. The van der Waals surface area contributed by atoms with Crippen molar-refractivity contribution in [3.63, 3.8) is 0 Å². The van der Waals surface area contributed by atoms with Crippen LogP contribution in [0.3, 0.4) is 0 Å². The van der Waals surface area contributed by atoms with Crippen LogP contribution in [0.1, 0.15) is 5.56 Å². The molecule has 0 saturated heterocycles. The molecule has 62 valence electrons. The Bertz CT molecular complexity index is 404. The summed E-state index contributed by atoms with van der Waals surface area (Å²) in [7, 11) is 0. The van der Waals surface area contributed by atoms with Gasteiger partial charge in [0.2, 0.25) is 0 Å². The van der Waals surface area contributed by atoms with Gasteiger partial charge < -0.3 is 0 Å². The Kier molecular flexibility index (Phi) is 2.22. The van der Waals surface area contributed by atoms with Gasteiger partial charge in [0, 0.05) is 12.4 Å². The van der Waals surface area contributed by atoms with Gasteiger partial charge in [-0.3, -0.25) is 4.98 Å². The number of hydrogen-bond acceptors (Lipinski definition) is 1. The van der Waals surface area contributed by atoms with E-state index in [2.05, 4.69) is 16.8 Å². The fourth-order valence-corrected chi connectivity index (χ4v) is 1.19. The Hall–Kier alpha value is -1.85. The summed E-state index contributed by atoms with van der Waals surface area (Å²) in [6.45, 7) is 0. The summed E-state index contributed by atoms with van der Waals surface area (Å²) < 4.78 is 0. The van der Waals surface area contributed by atoms with E-state index in [0.717, 1.165) is 0 Å². The van der Waals surface area contributed by atoms with Crippen LogP contribution in [-0.4, -0.2) is 4.98 Å². The third-order valence-electron chi connectivity index (χ3n) is 1.84. The summed E-state index contributed by atoms with van der Waals surface area (Å²) in [5, 5.41) is 0. The van der Waals surface area contributed by atoms with Gasteiger partial charge in [-0.25, -0.2) is 0 Å². The van der Waals surface area contributed by atoms with E-state index in [4.69, 9.17) is 0 Å². The van der Waals surface area contributed by atoms with Crippen LogP contribution in [0.25, 0.3) is 5.57 Å². The minimum absolute atomic E-state index is 1.18. The van der Waals surface area contributed by atoms with Crippen LogP contribution < -0.4 is 0 Å². The molecular weight excluding hydrogens is 158 g/mol. The molecule has 1 nitrogen and oxygen atoms in total. The van der Waals surface area contributed by atoms with Crippen molar-refractivity contribution in [2.45, 2.75) is 0 Å². The lowest BCUT2D eigenvalue weighted by molar-refractivity contribution is 1.32. The van der Waals surface area contributed by atoms with E-state index in [9.17, 15) is 0 Å². The number of aromatic nitrogens is 1. The molecule has 0 amide bonds. The largest absolute Gasteiger partial charge is 0.265 e. The van der Waals surface area contributed by atoms with Crippen molar-refractivity contribution in [2.24, 2.45) is 0 Å². The minimum Gasteiger partial charge on any atom is -0.265 e. The number of allylic oxidation sites excluding steroid dienone is 5. The SMILES string of the molecule is C1=CC=CC(c2ccncc2)=CC=1. The van der Waals surface area contributed by atoms with Crippen molar-refractivity contribution in [2.75, 3.05) is 0 Å². The molecule has 1 aromatic rings. The zero-order valence-electron chi connectivity index (χ0n) is 7.14. The number of pyridine rings is 1. The average molecular weight is 167 g/mol. The summed E-state index contributed by atoms with van der Waals surface area (Å²) in [6.07, 6.45) is 13.5. The van der Waals surface area contributed by atoms with E-state index in [-0.39, 0.29) is 0 Å². The van der Waals surface area contributed by atoms with Gasteiger partial charge in [0.05, 0.1) is 0 Å². The zero-order valence-corrected chi connectivity index (χ0v) is 7.14. The predicted molar refractivity (Wildman–Crippen MR) is 54.0 cm³/mol. The fourth-order valence-electron chi connectivity index (χ4n) is 1.19. The lowest BCUT2D eigenvalue weighted by Crippen LogP contribution is -1.80. The zero-order chi connectivity index (χ0) is 8.93. The molecule has 1 aliphatic rings. The van der Waals surface area contributed by atoms with Crippen LogP contribution in [-0.2, 0) is 0 Å². The molecule has 13 heavy (non-hydrogen) atoms. The summed E-state index contributed by atoms with van der Waals surface area (Å²) in [4.78, 5) is 3.98. The molecule has 2 rings (SSSR count). The molecule has 0 aliphatic heterocycles. The molecular formula is C12H9N. The molecule has 0 spiro atoms. The van der Waals surface area contributed by atoms with Crippen molar-refractivity contribution >= 4 is 5.57 Å². The first-order valence-corrected chi connectivity index (χ1v) is 4.17. The topological polar surface area (TPSA) is 12.9 Å². The van der Waals surface area contributed by atoms with Gasteiger partial charge in [0.15, 0.2) is 0 Å². The van der Waals surface area contributed by atoms with E-state index in [0.29, 0.717) is 0 Å². The maximum atomic E-state index is 3.98. The summed E-state index contributed by atoms with van der Waals surface area (Å²) in [5.74, 6) is 0. The molecule has 1 heterocycles. The Balaban J connectivity index is 2.39.